The van der Waals surface area contributed by atoms with E-state index in [1.807, 2.05) is 6.92 Å². The van der Waals surface area contributed by atoms with Crippen LogP contribution in [0.25, 0.3) is 0 Å². The maximum absolute atomic E-state index is 12.8. The van der Waals surface area contributed by atoms with Crippen LogP contribution in [0.3, 0.4) is 0 Å². The predicted octanol–water partition coefficient (Wildman–Crippen LogP) is 2.46. The fraction of sp³-hybridized carbons (Fsp3) is 0.231. The SMILES string of the molecule is CCCc1cc(NC(=O)c2ccc(F)cc2O)n[nH]1. The Morgan fingerprint density at radius 1 is 1.47 bits per heavy atom. The van der Waals surface area contributed by atoms with Crippen molar-refractivity contribution in [3.63, 3.8) is 0 Å². The van der Waals surface area contributed by atoms with Gasteiger partial charge < -0.3 is 10.4 Å². The van der Waals surface area contributed by atoms with Crippen LogP contribution in [0, 0.1) is 5.82 Å². The molecule has 100 valence electrons. The molecule has 0 saturated carbocycles. The van der Waals surface area contributed by atoms with Gasteiger partial charge in [0.15, 0.2) is 5.82 Å². The molecule has 6 heteroatoms. The molecule has 0 radical (unpaired) electrons. The highest BCUT2D eigenvalue weighted by Crippen LogP contribution is 2.19. The van der Waals surface area contributed by atoms with E-state index in [0.717, 1.165) is 30.7 Å². The number of amides is 1. The van der Waals surface area contributed by atoms with Crippen molar-refractivity contribution in [1.29, 1.82) is 0 Å². The topological polar surface area (TPSA) is 78.0 Å². The number of nitrogens with one attached hydrogen (secondary N) is 2. The molecule has 0 bridgehead atoms. The standard InChI is InChI=1S/C13H14FN3O2/c1-2-3-9-7-12(17-16-9)15-13(19)10-5-4-8(14)6-11(10)18/h4-7,18H,2-3H2,1H3,(H2,15,16,17,19). The first-order valence-corrected chi connectivity index (χ1v) is 5.94. The van der Waals surface area contributed by atoms with Crippen LogP contribution in [0.15, 0.2) is 24.3 Å². The number of aromatic hydroxyl groups is 1. The maximum atomic E-state index is 12.8. The Balaban J connectivity index is 2.11. The van der Waals surface area contributed by atoms with Gasteiger partial charge in [0, 0.05) is 17.8 Å². The molecular formula is C13H14FN3O2. The first-order chi connectivity index (χ1) is 9.10. The van der Waals surface area contributed by atoms with Crippen molar-refractivity contribution in [3.8, 4) is 5.75 Å². The third kappa shape index (κ3) is 3.09. The molecule has 1 heterocycles. The van der Waals surface area contributed by atoms with E-state index in [4.69, 9.17) is 0 Å². The number of aryl methyl sites for hydroxylation is 1. The molecule has 0 aliphatic rings. The van der Waals surface area contributed by atoms with Gasteiger partial charge in [-0.15, -0.1) is 0 Å². The van der Waals surface area contributed by atoms with Gasteiger partial charge in [-0.1, -0.05) is 13.3 Å². The lowest BCUT2D eigenvalue weighted by Gasteiger charge is -2.04. The number of anilines is 1. The van der Waals surface area contributed by atoms with Crippen LogP contribution in [-0.4, -0.2) is 21.2 Å². The highest BCUT2D eigenvalue weighted by molar-refractivity contribution is 6.05. The smallest absolute Gasteiger partial charge is 0.260 e. The van der Waals surface area contributed by atoms with Crippen molar-refractivity contribution in [2.24, 2.45) is 0 Å². The van der Waals surface area contributed by atoms with Gasteiger partial charge in [0.2, 0.25) is 0 Å². The van der Waals surface area contributed by atoms with Crippen molar-refractivity contribution >= 4 is 11.7 Å². The number of H-pyrrole nitrogens is 1. The summed E-state index contributed by atoms with van der Waals surface area (Å²) in [6.07, 6.45) is 1.80. The number of benzene rings is 1. The lowest BCUT2D eigenvalue weighted by atomic mass is 10.2. The van der Waals surface area contributed by atoms with Crippen molar-refractivity contribution in [2.75, 3.05) is 5.32 Å². The van der Waals surface area contributed by atoms with Gasteiger partial charge in [0.25, 0.3) is 5.91 Å². The fourth-order valence-electron chi connectivity index (χ4n) is 1.70. The first-order valence-electron chi connectivity index (χ1n) is 5.94. The lowest BCUT2D eigenvalue weighted by Crippen LogP contribution is -2.12. The molecule has 1 aromatic carbocycles. The molecule has 2 rings (SSSR count). The van der Waals surface area contributed by atoms with E-state index in [1.54, 1.807) is 6.07 Å². The number of phenols is 1. The molecule has 0 saturated heterocycles. The van der Waals surface area contributed by atoms with Crippen LogP contribution >= 0.6 is 0 Å². The molecule has 0 aliphatic carbocycles. The number of phenolic OH excluding ortho intramolecular Hbond substituents is 1. The Kier molecular flexibility index (Phi) is 3.79. The number of rotatable bonds is 4. The Morgan fingerprint density at radius 2 is 2.26 bits per heavy atom. The third-order valence-electron chi connectivity index (χ3n) is 2.60. The maximum Gasteiger partial charge on any atom is 0.260 e. The van der Waals surface area contributed by atoms with Gasteiger partial charge in [-0.3, -0.25) is 9.89 Å². The van der Waals surface area contributed by atoms with Crippen molar-refractivity contribution in [1.82, 2.24) is 10.2 Å². The first kappa shape index (κ1) is 13.1. The fourth-order valence-corrected chi connectivity index (χ4v) is 1.70. The molecule has 5 nitrogen and oxygen atoms in total. The zero-order valence-electron chi connectivity index (χ0n) is 10.4. The number of halogens is 1. The second kappa shape index (κ2) is 5.51. The summed E-state index contributed by atoms with van der Waals surface area (Å²) in [5.74, 6) is -1.16. The van der Waals surface area contributed by atoms with Gasteiger partial charge in [0.1, 0.15) is 11.6 Å². The minimum absolute atomic E-state index is 0.00133. The highest BCUT2D eigenvalue weighted by Gasteiger charge is 2.13. The Hall–Kier alpha value is -2.37. The van der Waals surface area contributed by atoms with Gasteiger partial charge in [-0.25, -0.2) is 4.39 Å². The van der Waals surface area contributed by atoms with Gasteiger partial charge >= 0.3 is 0 Å². The number of carbonyl (C=O) groups excluding carboxylic acids is 1. The molecule has 0 fully saturated rings. The predicted molar refractivity (Wildman–Crippen MR) is 68.6 cm³/mol. The summed E-state index contributed by atoms with van der Waals surface area (Å²) in [5, 5.41) is 18.8. The minimum Gasteiger partial charge on any atom is -0.507 e. The third-order valence-corrected chi connectivity index (χ3v) is 2.60. The second-order valence-corrected chi connectivity index (χ2v) is 4.14. The van der Waals surface area contributed by atoms with Crippen LogP contribution in [-0.2, 0) is 6.42 Å². The largest absolute Gasteiger partial charge is 0.507 e. The molecule has 0 spiro atoms. The summed E-state index contributed by atoms with van der Waals surface area (Å²) in [6.45, 7) is 2.04. The summed E-state index contributed by atoms with van der Waals surface area (Å²) in [5.41, 5.74) is 0.919. The zero-order valence-corrected chi connectivity index (χ0v) is 10.4. The highest BCUT2D eigenvalue weighted by atomic mass is 19.1. The van der Waals surface area contributed by atoms with Crippen LogP contribution in [0.2, 0.25) is 0 Å². The number of hydrogen-bond donors (Lipinski definition) is 3. The van der Waals surface area contributed by atoms with E-state index in [1.165, 1.54) is 6.07 Å². The van der Waals surface area contributed by atoms with E-state index < -0.39 is 17.5 Å². The average Bonchev–Trinajstić information content (AvgIpc) is 2.76. The van der Waals surface area contributed by atoms with Crippen molar-refractivity contribution in [2.45, 2.75) is 19.8 Å². The van der Waals surface area contributed by atoms with Crippen LogP contribution in [0.5, 0.6) is 5.75 Å². The number of nitrogens with zero attached hydrogens (tertiary/aromatic N) is 1. The van der Waals surface area contributed by atoms with E-state index >= 15 is 0 Å². The summed E-state index contributed by atoms with van der Waals surface area (Å²) >= 11 is 0. The Labute approximate surface area is 109 Å². The molecule has 19 heavy (non-hydrogen) atoms. The second-order valence-electron chi connectivity index (χ2n) is 4.14. The molecule has 1 amide bonds. The number of hydrogen-bond acceptors (Lipinski definition) is 3. The number of carbonyl (C=O) groups is 1. The Morgan fingerprint density at radius 3 is 2.95 bits per heavy atom. The van der Waals surface area contributed by atoms with Gasteiger partial charge in [-0.05, 0) is 18.6 Å². The molecule has 0 unspecified atom stereocenters. The average molecular weight is 263 g/mol. The molecule has 2 aromatic rings. The molecule has 3 N–H and O–H groups in total. The van der Waals surface area contributed by atoms with E-state index in [0.29, 0.717) is 5.82 Å². The van der Waals surface area contributed by atoms with Gasteiger partial charge in [0.05, 0.1) is 5.56 Å². The summed E-state index contributed by atoms with van der Waals surface area (Å²) in [4.78, 5) is 11.9. The summed E-state index contributed by atoms with van der Waals surface area (Å²) < 4.78 is 12.8. The molecule has 1 aromatic heterocycles. The molecule has 0 atom stereocenters. The normalized spacial score (nSPS) is 10.4. The van der Waals surface area contributed by atoms with Gasteiger partial charge in [-0.2, -0.15) is 5.10 Å². The Bertz CT molecular complexity index is 595. The monoisotopic (exact) mass is 263 g/mol. The summed E-state index contributed by atoms with van der Waals surface area (Å²) in [6, 6.07) is 4.95. The minimum atomic E-state index is -0.598. The van der Waals surface area contributed by atoms with Crippen molar-refractivity contribution < 1.29 is 14.3 Å². The van der Waals surface area contributed by atoms with Crippen molar-refractivity contribution in [3.05, 3.63) is 41.3 Å². The van der Waals surface area contributed by atoms with E-state index in [-0.39, 0.29) is 5.56 Å². The zero-order chi connectivity index (χ0) is 13.8. The summed E-state index contributed by atoms with van der Waals surface area (Å²) in [7, 11) is 0. The van der Waals surface area contributed by atoms with E-state index in [9.17, 15) is 14.3 Å². The van der Waals surface area contributed by atoms with Crippen LogP contribution in [0.4, 0.5) is 10.2 Å². The molecular weight excluding hydrogens is 249 g/mol. The number of aromatic nitrogens is 2. The lowest BCUT2D eigenvalue weighted by molar-refractivity contribution is 0.102. The quantitative estimate of drug-likeness (QED) is 0.792. The molecule has 0 aliphatic heterocycles. The van der Waals surface area contributed by atoms with E-state index in [2.05, 4.69) is 15.5 Å². The van der Waals surface area contributed by atoms with Crippen LogP contribution in [0.1, 0.15) is 29.4 Å². The number of aromatic amines is 1. The van der Waals surface area contributed by atoms with Crippen LogP contribution < -0.4 is 5.32 Å².